The minimum Gasteiger partial charge on any atom is -0.338 e. The molecule has 4 saturated carbocycles. The average molecular weight is 564 g/mol. The number of carbonyl (C=O) groups excluding carboxylic acids is 1. The van der Waals surface area contributed by atoms with E-state index in [1.807, 2.05) is 19.7 Å². The predicted octanol–water partition coefficient (Wildman–Crippen LogP) is 9.25. The zero-order valence-electron chi connectivity index (χ0n) is 25.9. The summed E-state index contributed by atoms with van der Waals surface area (Å²) in [6, 6.07) is 2.60. The molecule has 6 aliphatic rings. The Kier molecular flexibility index (Phi) is 8.44. The van der Waals surface area contributed by atoms with Gasteiger partial charge in [-0.1, -0.05) is 51.3 Å². The number of nitriles is 1. The molecule has 0 aliphatic heterocycles. The Balaban J connectivity index is 0.000000274. The number of fused-ring (bicyclic) bond motifs is 7. The van der Waals surface area contributed by atoms with Gasteiger partial charge in [0.1, 0.15) is 0 Å². The molecule has 5 heteroatoms. The van der Waals surface area contributed by atoms with Gasteiger partial charge >= 0.3 is 0 Å². The van der Waals surface area contributed by atoms with Crippen LogP contribution in [0.15, 0.2) is 46.1 Å². The molecule has 7 unspecified atom stereocenters. The normalized spacial score (nSPS) is 39.1. The van der Waals surface area contributed by atoms with Crippen molar-refractivity contribution in [2.75, 3.05) is 20.4 Å². The lowest BCUT2D eigenvalue weighted by molar-refractivity contribution is -0.111. The van der Waals surface area contributed by atoms with Crippen molar-refractivity contribution in [1.29, 1.82) is 5.26 Å². The summed E-state index contributed by atoms with van der Waals surface area (Å²) >= 11 is 0. The fraction of sp³-hybridized carbons (Fsp3) is 0.714. The highest BCUT2D eigenvalue weighted by atomic mass is 31.2. The number of carbonyl (C=O) groups is 1. The summed E-state index contributed by atoms with van der Waals surface area (Å²) < 4.78 is 10.4. The van der Waals surface area contributed by atoms with E-state index in [4.69, 9.17) is 9.05 Å². The highest BCUT2D eigenvalue weighted by Gasteiger charge is 2.60. The van der Waals surface area contributed by atoms with Gasteiger partial charge in [0.15, 0.2) is 14.2 Å². The summed E-state index contributed by atoms with van der Waals surface area (Å²) in [7, 11) is 1.12. The van der Waals surface area contributed by atoms with Crippen molar-refractivity contribution < 1.29 is 13.8 Å². The zero-order valence-corrected chi connectivity index (χ0v) is 26.8. The number of hydrogen-bond acceptors (Lipinski definition) is 4. The molecule has 0 saturated heterocycles. The standard InChI is InChI=1S/C28H35NO.C7H15O2P/c1-17-18(2)24(30)15-22-20(17)6-7-25-27(22,4)11-9-21-23-14-19(16-29)8-10-26(23,3)12-13-28(21,25)5;1-8-10(2)9-6-5-7-3-4-7/h6-7,15,19,21,23H,8-14H2,1-5H3;7H,3-6H2,1-2H3. The zero-order chi connectivity index (χ0) is 28.9. The van der Waals surface area contributed by atoms with E-state index in [-0.39, 0.29) is 22.5 Å². The van der Waals surface area contributed by atoms with Gasteiger partial charge < -0.3 is 9.05 Å². The summed E-state index contributed by atoms with van der Waals surface area (Å²) in [5.74, 6) is 2.70. The molecule has 218 valence electrons. The second-order valence-electron chi connectivity index (χ2n) is 14.3. The second-order valence-corrected chi connectivity index (χ2v) is 15.8. The van der Waals surface area contributed by atoms with Crippen molar-refractivity contribution in [3.05, 3.63) is 46.1 Å². The Morgan fingerprint density at radius 3 is 2.42 bits per heavy atom. The van der Waals surface area contributed by atoms with E-state index >= 15 is 0 Å². The number of hydrogen-bond donors (Lipinski definition) is 0. The van der Waals surface area contributed by atoms with E-state index in [1.54, 1.807) is 12.7 Å². The van der Waals surface area contributed by atoms with Crippen LogP contribution in [0.4, 0.5) is 0 Å². The van der Waals surface area contributed by atoms with Crippen LogP contribution in [-0.4, -0.2) is 26.2 Å². The molecule has 7 atom stereocenters. The second kappa shape index (κ2) is 11.3. The molecule has 0 spiro atoms. The van der Waals surface area contributed by atoms with Crippen LogP contribution in [0.25, 0.3) is 0 Å². The van der Waals surface area contributed by atoms with Gasteiger partial charge in [0.25, 0.3) is 0 Å². The van der Waals surface area contributed by atoms with Gasteiger partial charge in [0.2, 0.25) is 0 Å². The van der Waals surface area contributed by atoms with Crippen LogP contribution in [0.3, 0.4) is 0 Å². The molecule has 40 heavy (non-hydrogen) atoms. The highest BCUT2D eigenvalue weighted by Crippen LogP contribution is 2.69. The van der Waals surface area contributed by atoms with E-state index in [2.05, 4.69) is 45.9 Å². The Hall–Kier alpha value is -1.53. The summed E-state index contributed by atoms with van der Waals surface area (Å²) in [5, 5.41) is 9.64. The fourth-order valence-electron chi connectivity index (χ4n) is 8.92. The van der Waals surface area contributed by atoms with Gasteiger partial charge in [-0.15, -0.1) is 0 Å². The van der Waals surface area contributed by atoms with E-state index in [1.165, 1.54) is 56.1 Å². The molecule has 0 N–H and O–H groups in total. The largest absolute Gasteiger partial charge is 0.338 e. The van der Waals surface area contributed by atoms with Gasteiger partial charge in [-0.25, -0.2) is 0 Å². The van der Waals surface area contributed by atoms with Crippen molar-refractivity contribution >= 4 is 14.2 Å². The molecule has 4 fully saturated rings. The summed E-state index contributed by atoms with van der Waals surface area (Å²) in [6.07, 6.45) is 19.0. The molecular weight excluding hydrogens is 513 g/mol. The Morgan fingerprint density at radius 1 is 1.00 bits per heavy atom. The summed E-state index contributed by atoms with van der Waals surface area (Å²) in [6.45, 7) is 14.4. The predicted molar refractivity (Wildman–Crippen MR) is 163 cm³/mol. The molecule has 0 aromatic carbocycles. The molecule has 6 aliphatic carbocycles. The molecule has 0 heterocycles. The molecule has 0 aromatic heterocycles. The van der Waals surface area contributed by atoms with Crippen molar-refractivity contribution in [2.24, 2.45) is 39.9 Å². The maximum atomic E-state index is 12.7. The van der Waals surface area contributed by atoms with Crippen molar-refractivity contribution in [1.82, 2.24) is 0 Å². The first-order valence-electron chi connectivity index (χ1n) is 15.6. The minimum atomic E-state index is -0.581. The molecule has 6 rings (SSSR count). The van der Waals surface area contributed by atoms with E-state index in [0.29, 0.717) is 17.3 Å². The Bertz CT molecular complexity index is 1200. The Morgan fingerprint density at radius 2 is 1.75 bits per heavy atom. The van der Waals surface area contributed by atoms with Crippen LogP contribution in [-0.2, 0) is 13.8 Å². The van der Waals surface area contributed by atoms with Crippen LogP contribution in [0.2, 0.25) is 0 Å². The van der Waals surface area contributed by atoms with Gasteiger partial charge in [-0.3, -0.25) is 4.79 Å². The smallest absolute Gasteiger partial charge is 0.182 e. The van der Waals surface area contributed by atoms with Gasteiger partial charge in [0, 0.05) is 25.1 Å². The first-order chi connectivity index (χ1) is 19.0. The van der Waals surface area contributed by atoms with Gasteiger partial charge in [0.05, 0.1) is 12.7 Å². The van der Waals surface area contributed by atoms with Crippen LogP contribution >= 0.6 is 8.38 Å². The number of allylic oxidation sites excluding steroid dienone is 8. The lowest BCUT2D eigenvalue weighted by Crippen LogP contribution is -2.55. The maximum Gasteiger partial charge on any atom is 0.182 e. The van der Waals surface area contributed by atoms with Crippen LogP contribution < -0.4 is 0 Å². The quantitative estimate of drug-likeness (QED) is 0.313. The van der Waals surface area contributed by atoms with E-state index in [0.717, 1.165) is 42.9 Å². The first kappa shape index (κ1) is 29.9. The van der Waals surface area contributed by atoms with Crippen LogP contribution in [0.5, 0.6) is 0 Å². The fourth-order valence-corrected chi connectivity index (χ4v) is 9.39. The topological polar surface area (TPSA) is 59.3 Å². The molecular formula is C35H50NO3P. The third kappa shape index (κ3) is 5.25. The van der Waals surface area contributed by atoms with Crippen molar-refractivity contribution in [3.63, 3.8) is 0 Å². The SMILES string of the molecule is CC1=C(C)C2=CC=C3C(C)(CCC4C5CC(C#N)CCC5(C)CCC34C)C2=CC1=O.COP(C)OCCC1CC1. The number of ketones is 1. The number of rotatable bonds is 5. The molecule has 0 aromatic rings. The monoisotopic (exact) mass is 563 g/mol. The molecule has 0 amide bonds. The summed E-state index contributed by atoms with van der Waals surface area (Å²) in [5.41, 5.74) is 6.68. The number of nitrogens with zero attached hydrogens (tertiary/aromatic N) is 1. The van der Waals surface area contributed by atoms with Gasteiger partial charge in [-0.05, 0) is 122 Å². The molecule has 0 radical (unpaired) electrons. The first-order valence-corrected chi connectivity index (χ1v) is 17.3. The Labute approximate surface area is 244 Å². The lowest BCUT2D eigenvalue weighted by Gasteiger charge is -2.64. The third-order valence-electron chi connectivity index (χ3n) is 12.0. The third-order valence-corrected chi connectivity index (χ3v) is 13.1. The average Bonchev–Trinajstić information content (AvgIpc) is 3.76. The molecule has 4 nitrogen and oxygen atoms in total. The van der Waals surface area contributed by atoms with Crippen LogP contribution in [0, 0.1) is 51.2 Å². The molecule has 0 bridgehead atoms. The minimum absolute atomic E-state index is 0.0377. The van der Waals surface area contributed by atoms with E-state index < -0.39 is 8.38 Å². The highest BCUT2D eigenvalue weighted by molar-refractivity contribution is 7.46. The van der Waals surface area contributed by atoms with Crippen molar-refractivity contribution in [3.8, 4) is 6.07 Å². The van der Waals surface area contributed by atoms with Crippen LogP contribution in [0.1, 0.15) is 98.8 Å². The maximum absolute atomic E-state index is 12.7. The van der Waals surface area contributed by atoms with Crippen molar-refractivity contribution in [2.45, 2.75) is 98.8 Å². The lowest BCUT2D eigenvalue weighted by atomic mass is 9.40. The van der Waals surface area contributed by atoms with Gasteiger partial charge in [-0.2, -0.15) is 5.26 Å². The summed E-state index contributed by atoms with van der Waals surface area (Å²) in [4.78, 5) is 12.7. The van der Waals surface area contributed by atoms with E-state index in [9.17, 15) is 10.1 Å².